The maximum atomic E-state index is 12.6. The number of aromatic nitrogens is 1. The smallest absolute Gasteiger partial charge is 0.341 e. The summed E-state index contributed by atoms with van der Waals surface area (Å²) >= 11 is 0. The van der Waals surface area contributed by atoms with Gasteiger partial charge in [0.1, 0.15) is 5.56 Å². The number of anilines is 1. The summed E-state index contributed by atoms with van der Waals surface area (Å²) in [6.07, 6.45) is 6.61. The molecule has 0 spiro atoms. The second-order valence-corrected chi connectivity index (χ2v) is 7.71. The fourth-order valence-corrected chi connectivity index (χ4v) is 4.74. The van der Waals surface area contributed by atoms with Crippen LogP contribution in [0.1, 0.15) is 49.9 Å². The van der Waals surface area contributed by atoms with Crippen LogP contribution < -0.4 is 4.90 Å². The van der Waals surface area contributed by atoms with E-state index in [9.17, 15) is 4.79 Å². The van der Waals surface area contributed by atoms with Gasteiger partial charge in [0.05, 0.1) is 17.8 Å². The first-order valence-corrected chi connectivity index (χ1v) is 10.2. The number of fused-ring (bicyclic) bond motifs is 1. The lowest BCUT2D eigenvalue weighted by atomic mass is 9.99. The van der Waals surface area contributed by atoms with Crippen LogP contribution in [0.25, 0.3) is 10.9 Å². The zero-order valence-corrected chi connectivity index (χ0v) is 16.4. The third kappa shape index (κ3) is 3.53. The Morgan fingerprint density at radius 2 is 1.96 bits per heavy atom. The van der Waals surface area contributed by atoms with Crippen LogP contribution in [0.5, 0.6) is 0 Å². The monoisotopic (exact) mass is 367 g/mol. The molecule has 27 heavy (non-hydrogen) atoms. The van der Waals surface area contributed by atoms with Crippen LogP contribution in [-0.4, -0.2) is 54.2 Å². The van der Waals surface area contributed by atoms with Gasteiger partial charge in [0, 0.05) is 36.8 Å². The molecule has 2 aliphatic rings. The van der Waals surface area contributed by atoms with Gasteiger partial charge in [-0.15, -0.1) is 0 Å². The summed E-state index contributed by atoms with van der Waals surface area (Å²) in [6.45, 7) is 7.74. The molecule has 0 N–H and O–H groups in total. The Morgan fingerprint density at radius 3 is 2.67 bits per heavy atom. The highest BCUT2D eigenvalue weighted by Crippen LogP contribution is 2.34. The van der Waals surface area contributed by atoms with Gasteiger partial charge in [0.2, 0.25) is 0 Å². The summed E-state index contributed by atoms with van der Waals surface area (Å²) in [7, 11) is 0. The molecule has 144 valence electrons. The molecular formula is C22H29N3O2. The minimum Gasteiger partial charge on any atom is -0.462 e. The first-order valence-electron chi connectivity index (χ1n) is 10.2. The van der Waals surface area contributed by atoms with Gasteiger partial charge in [-0.1, -0.05) is 18.2 Å². The van der Waals surface area contributed by atoms with E-state index in [4.69, 9.17) is 4.74 Å². The molecule has 0 saturated carbocycles. The van der Waals surface area contributed by atoms with Crippen LogP contribution in [0.3, 0.4) is 0 Å². The van der Waals surface area contributed by atoms with Crippen molar-refractivity contribution in [3.63, 3.8) is 0 Å². The third-order valence-corrected chi connectivity index (χ3v) is 6.10. The van der Waals surface area contributed by atoms with E-state index in [1.54, 1.807) is 6.20 Å². The number of esters is 1. The molecule has 1 atom stereocenters. The van der Waals surface area contributed by atoms with Crippen molar-refractivity contribution in [2.24, 2.45) is 0 Å². The summed E-state index contributed by atoms with van der Waals surface area (Å²) in [4.78, 5) is 22.1. The average Bonchev–Trinajstić information content (AvgIpc) is 3.13. The maximum Gasteiger partial charge on any atom is 0.341 e. The molecule has 5 nitrogen and oxygen atoms in total. The lowest BCUT2D eigenvalue weighted by Gasteiger charge is -2.40. The number of nitrogens with zero attached hydrogens (tertiary/aromatic N) is 3. The summed E-state index contributed by atoms with van der Waals surface area (Å²) in [5.74, 6) is -0.277. The molecule has 0 bridgehead atoms. The van der Waals surface area contributed by atoms with Crippen LogP contribution in [0.15, 0.2) is 30.5 Å². The fraction of sp³-hybridized carbons (Fsp3) is 0.545. The van der Waals surface area contributed by atoms with E-state index in [1.165, 1.54) is 19.4 Å². The molecule has 3 heterocycles. The van der Waals surface area contributed by atoms with Gasteiger partial charge >= 0.3 is 5.97 Å². The molecule has 5 heteroatoms. The largest absolute Gasteiger partial charge is 0.462 e. The van der Waals surface area contributed by atoms with E-state index in [0.717, 1.165) is 42.5 Å². The van der Waals surface area contributed by atoms with E-state index < -0.39 is 0 Å². The van der Waals surface area contributed by atoms with Crippen LogP contribution in [0.4, 0.5) is 5.69 Å². The third-order valence-electron chi connectivity index (χ3n) is 6.10. The normalized spacial score (nSPS) is 21.7. The number of hydrogen-bond acceptors (Lipinski definition) is 5. The average molecular weight is 367 g/mol. The number of hydrogen-bond donors (Lipinski definition) is 0. The van der Waals surface area contributed by atoms with Crippen molar-refractivity contribution in [1.82, 2.24) is 9.88 Å². The molecule has 1 aromatic carbocycles. The summed E-state index contributed by atoms with van der Waals surface area (Å²) in [5.41, 5.74) is 2.51. The Balaban J connectivity index is 1.62. The molecule has 0 amide bonds. The van der Waals surface area contributed by atoms with Crippen molar-refractivity contribution < 1.29 is 9.53 Å². The molecule has 0 radical (unpaired) electrons. The quantitative estimate of drug-likeness (QED) is 0.768. The van der Waals surface area contributed by atoms with Crippen molar-refractivity contribution in [3.05, 3.63) is 36.0 Å². The SMILES string of the molecule is CCOC(=O)c1cnc2ccccc2c1N1CCC(N2CCCC2C)CC1. The number of ether oxygens (including phenoxy) is 1. The standard InChI is InChI=1S/C22H29N3O2/c1-3-27-22(26)19-15-23-20-9-5-4-8-18(20)21(19)24-13-10-17(11-14-24)25-12-6-7-16(25)2/h4-5,8-9,15-17H,3,6-7,10-14H2,1-2H3. The number of carbonyl (C=O) groups excluding carboxylic acids is 1. The highest BCUT2D eigenvalue weighted by molar-refractivity contribution is 6.05. The lowest BCUT2D eigenvalue weighted by Crippen LogP contribution is -2.46. The van der Waals surface area contributed by atoms with Crippen molar-refractivity contribution in [3.8, 4) is 0 Å². The number of carbonyl (C=O) groups is 1. The van der Waals surface area contributed by atoms with Gasteiger partial charge in [-0.2, -0.15) is 0 Å². The highest BCUT2D eigenvalue weighted by atomic mass is 16.5. The fourth-order valence-electron chi connectivity index (χ4n) is 4.74. The topological polar surface area (TPSA) is 45.7 Å². The van der Waals surface area contributed by atoms with E-state index in [1.807, 2.05) is 25.1 Å². The van der Waals surface area contributed by atoms with Crippen molar-refractivity contribution in [2.75, 3.05) is 31.1 Å². The van der Waals surface area contributed by atoms with Crippen LogP contribution in [0, 0.1) is 0 Å². The van der Waals surface area contributed by atoms with Gasteiger partial charge in [0.25, 0.3) is 0 Å². The second kappa shape index (κ2) is 7.85. The predicted octanol–water partition coefficient (Wildman–Crippen LogP) is 3.86. The predicted molar refractivity (Wildman–Crippen MR) is 108 cm³/mol. The Bertz CT molecular complexity index is 814. The number of para-hydroxylation sites is 1. The first-order chi connectivity index (χ1) is 13.2. The number of piperidine rings is 1. The van der Waals surface area contributed by atoms with Crippen molar-refractivity contribution >= 4 is 22.6 Å². The Morgan fingerprint density at radius 1 is 1.19 bits per heavy atom. The van der Waals surface area contributed by atoms with Crippen molar-refractivity contribution in [2.45, 2.75) is 51.6 Å². The highest BCUT2D eigenvalue weighted by Gasteiger charge is 2.32. The molecule has 2 aliphatic heterocycles. The van der Waals surface area contributed by atoms with Gasteiger partial charge < -0.3 is 9.64 Å². The molecular weight excluding hydrogens is 338 g/mol. The van der Waals surface area contributed by atoms with Crippen LogP contribution in [0.2, 0.25) is 0 Å². The second-order valence-electron chi connectivity index (χ2n) is 7.71. The van der Waals surface area contributed by atoms with Gasteiger partial charge in [-0.3, -0.25) is 9.88 Å². The zero-order chi connectivity index (χ0) is 18.8. The molecule has 2 saturated heterocycles. The number of rotatable bonds is 4. The molecule has 1 unspecified atom stereocenters. The van der Waals surface area contributed by atoms with Crippen molar-refractivity contribution in [1.29, 1.82) is 0 Å². The maximum absolute atomic E-state index is 12.6. The van der Waals surface area contributed by atoms with E-state index >= 15 is 0 Å². The minimum atomic E-state index is -0.277. The summed E-state index contributed by atoms with van der Waals surface area (Å²) in [6, 6.07) is 9.45. The minimum absolute atomic E-state index is 0.277. The molecule has 1 aromatic heterocycles. The Hall–Kier alpha value is -2.14. The lowest BCUT2D eigenvalue weighted by molar-refractivity contribution is 0.0526. The first kappa shape index (κ1) is 18.2. The Labute approximate surface area is 161 Å². The van der Waals surface area contributed by atoms with E-state index in [2.05, 4.69) is 27.8 Å². The van der Waals surface area contributed by atoms with E-state index in [0.29, 0.717) is 24.3 Å². The zero-order valence-electron chi connectivity index (χ0n) is 16.4. The molecule has 4 rings (SSSR count). The number of benzene rings is 1. The van der Waals surface area contributed by atoms with Crippen LogP contribution >= 0.6 is 0 Å². The van der Waals surface area contributed by atoms with Gasteiger partial charge in [0.15, 0.2) is 0 Å². The summed E-state index contributed by atoms with van der Waals surface area (Å²) < 4.78 is 5.31. The summed E-state index contributed by atoms with van der Waals surface area (Å²) in [5, 5.41) is 1.04. The molecule has 0 aliphatic carbocycles. The Kier molecular flexibility index (Phi) is 5.30. The molecule has 2 fully saturated rings. The van der Waals surface area contributed by atoms with Gasteiger partial charge in [-0.05, 0) is 52.1 Å². The molecule has 2 aromatic rings. The number of pyridine rings is 1. The van der Waals surface area contributed by atoms with Crippen LogP contribution in [-0.2, 0) is 4.74 Å². The number of likely N-dealkylation sites (tertiary alicyclic amines) is 1. The van der Waals surface area contributed by atoms with E-state index in [-0.39, 0.29) is 5.97 Å². The van der Waals surface area contributed by atoms with Gasteiger partial charge in [-0.25, -0.2) is 4.79 Å².